The largest absolute Gasteiger partial charge is 0.496 e. The van der Waals surface area contributed by atoms with Gasteiger partial charge in [0.2, 0.25) is 11.0 Å². The Balaban J connectivity index is 1.59. The fourth-order valence-corrected chi connectivity index (χ4v) is 4.38. The van der Waals surface area contributed by atoms with Crippen LogP contribution in [0, 0.1) is 6.92 Å². The number of rotatable bonds is 6. The van der Waals surface area contributed by atoms with E-state index < -0.39 is 0 Å². The van der Waals surface area contributed by atoms with Gasteiger partial charge in [0.15, 0.2) is 5.17 Å². The minimum Gasteiger partial charge on any atom is -0.496 e. The summed E-state index contributed by atoms with van der Waals surface area (Å²) in [4.78, 5) is 31.7. The summed E-state index contributed by atoms with van der Waals surface area (Å²) < 4.78 is 5.38. The summed E-state index contributed by atoms with van der Waals surface area (Å²) in [5.41, 5.74) is 1.68. The maximum absolute atomic E-state index is 13.2. The Morgan fingerprint density at radius 3 is 2.62 bits per heavy atom. The van der Waals surface area contributed by atoms with E-state index in [9.17, 15) is 9.59 Å². The van der Waals surface area contributed by atoms with Crippen LogP contribution in [0.15, 0.2) is 65.3 Å². The van der Waals surface area contributed by atoms with Crippen molar-refractivity contribution in [2.45, 2.75) is 6.92 Å². The highest BCUT2D eigenvalue weighted by Gasteiger charge is 2.32. The molecule has 0 spiro atoms. The molecule has 0 saturated heterocycles. The van der Waals surface area contributed by atoms with Crippen LogP contribution in [0.2, 0.25) is 0 Å². The van der Waals surface area contributed by atoms with Crippen LogP contribution in [0.3, 0.4) is 0 Å². The zero-order valence-corrected chi connectivity index (χ0v) is 18.9. The monoisotopic (exact) mass is 465 g/mol. The zero-order valence-electron chi connectivity index (χ0n) is 17.3. The number of para-hydroxylation sites is 2. The van der Waals surface area contributed by atoms with Crippen LogP contribution in [0.25, 0.3) is 6.08 Å². The van der Waals surface area contributed by atoms with E-state index in [1.54, 1.807) is 13.2 Å². The summed E-state index contributed by atoms with van der Waals surface area (Å²) in [6.45, 7) is 1.81. The lowest BCUT2D eigenvalue weighted by molar-refractivity contribution is -0.114. The smallest absolute Gasteiger partial charge is 0.283 e. The Hall–Kier alpha value is -3.50. The SMILES string of the molecule is COc1ccccc1/C=C1\N=C(SCC(=O)Nc2nnc(C)s2)N(c2ccccc2)C1=O. The van der Waals surface area contributed by atoms with E-state index in [-0.39, 0.29) is 23.3 Å². The maximum Gasteiger partial charge on any atom is 0.283 e. The highest BCUT2D eigenvalue weighted by molar-refractivity contribution is 8.14. The van der Waals surface area contributed by atoms with E-state index in [4.69, 9.17) is 4.74 Å². The molecule has 0 unspecified atom stereocenters. The first kappa shape index (κ1) is 21.7. The molecular formula is C22H19N5O3S2. The second-order valence-electron chi connectivity index (χ2n) is 6.61. The molecule has 2 amide bonds. The van der Waals surface area contributed by atoms with E-state index in [0.717, 1.165) is 10.6 Å². The van der Waals surface area contributed by atoms with E-state index in [1.807, 2.05) is 61.5 Å². The van der Waals surface area contributed by atoms with E-state index in [1.165, 1.54) is 28.0 Å². The van der Waals surface area contributed by atoms with Crippen molar-refractivity contribution in [1.82, 2.24) is 10.2 Å². The van der Waals surface area contributed by atoms with Crippen LogP contribution < -0.4 is 15.0 Å². The summed E-state index contributed by atoms with van der Waals surface area (Å²) in [7, 11) is 1.58. The fourth-order valence-electron chi connectivity index (χ4n) is 2.96. The van der Waals surface area contributed by atoms with Gasteiger partial charge in [-0.05, 0) is 31.2 Å². The number of anilines is 2. The Morgan fingerprint density at radius 2 is 1.91 bits per heavy atom. The summed E-state index contributed by atoms with van der Waals surface area (Å²) in [5, 5.41) is 12.1. The molecule has 8 nitrogen and oxygen atoms in total. The lowest BCUT2D eigenvalue weighted by Crippen LogP contribution is -2.31. The molecule has 0 aliphatic carbocycles. The number of aliphatic imine (C=N–C) groups is 1. The lowest BCUT2D eigenvalue weighted by atomic mass is 10.1. The van der Waals surface area contributed by atoms with Gasteiger partial charge < -0.3 is 4.74 Å². The third-order valence-electron chi connectivity index (χ3n) is 4.38. The van der Waals surface area contributed by atoms with Gasteiger partial charge in [-0.15, -0.1) is 10.2 Å². The summed E-state index contributed by atoms with van der Waals surface area (Å²) >= 11 is 2.47. The van der Waals surface area contributed by atoms with Gasteiger partial charge in [0, 0.05) is 5.56 Å². The Labute approximate surface area is 193 Å². The first-order valence-electron chi connectivity index (χ1n) is 9.61. The molecule has 10 heteroatoms. The number of aromatic nitrogens is 2. The Kier molecular flexibility index (Phi) is 6.62. The van der Waals surface area contributed by atoms with Gasteiger partial charge in [0.05, 0.1) is 18.6 Å². The molecule has 0 fully saturated rings. The predicted octanol–water partition coefficient (Wildman–Crippen LogP) is 3.97. The first-order valence-corrected chi connectivity index (χ1v) is 11.4. The molecule has 0 bridgehead atoms. The predicted molar refractivity (Wildman–Crippen MR) is 128 cm³/mol. The molecule has 32 heavy (non-hydrogen) atoms. The van der Waals surface area contributed by atoms with Gasteiger partial charge in [-0.1, -0.05) is 59.5 Å². The topological polar surface area (TPSA) is 96.8 Å². The minimum atomic E-state index is -0.273. The number of carbonyl (C=O) groups excluding carboxylic acids is 2. The van der Waals surface area contributed by atoms with Gasteiger partial charge in [-0.2, -0.15) is 0 Å². The van der Waals surface area contributed by atoms with E-state index >= 15 is 0 Å². The second-order valence-corrected chi connectivity index (χ2v) is 8.73. The van der Waals surface area contributed by atoms with Gasteiger partial charge in [0.25, 0.3) is 5.91 Å². The van der Waals surface area contributed by atoms with Crippen LogP contribution in [0.1, 0.15) is 10.6 Å². The normalized spacial score (nSPS) is 14.6. The number of methoxy groups -OCH3 is 1. The molecule has 0 atom stereocenters. The van der Waals surface area contributed by atoms with Crippen molar-refractivity contribution >= 4 is 57.0 Å². The van der Waals surface area contributed by atoms with Crippen molar-refractivity contribution in [2.24, 2.45) is 4.99 Å². The van der Waals surface area contributed by atoms with Crippen molar-refractivity contribution < 1.29 is 14.3 Å². The third-order valence-corrected chi connectivity index (χ3v) is 6.07. The molecule has 3 aromatic rings. The van der Waals surface area contributed by atoms with Gasteiger partial charge >= 0.3 is 0 Å². The zero-order chi connectivity index (χ0) is 22.5. The quantitative estimate of drug-likeness (QED) is 0.554. The van der Waals surface area contributed by atoms with Gasteiger partial charge in [0.1, 0.15) is 16.5 Å². The number of amidine groups is 1. The average molecular weight is 466 g/mol. The van der Waals surface area contributed by atoms with Crippen LogP contribution in [0.4, 0.5) is 10.8 Å². The number of nitrogens with zero attached hydrogens (tertiary/aromatic N) is 4. The van der Waals surface area contributed by atoms with Crippen LogP contribution >= 0.6 is 23.1 Å². The van der Waals surface area contributed by atoms with Crippen molar-refractivity contribution in [1.29, 1.82) is 0 Å². The van der Waals surface area contributed by atoms with Gasteiger partial charge in [-0.3, -0.25) is 19.8 Å². The number of benzene rings is 2. The molecule has 2 aromatic carbocycles. The molecular weight excluding hydrogens is 446 g/mol. The van der Waals surface area contributed by atoms with Crippen molar-refractivity contribution in [3.05, 3.63) is 70.9 Å². The second kappa shape index (κ2) is 9.75. The molecule has 1 aromatic heterocycles. The number of hydrogen-bond acceptors (Lipinski definition) is 8. The molecule has 1 aliphatic rings. The summed E-state index contributed by atoms with van der Waals surface area (Å²) in [5.74, 6) is 0.180. The Morgan fingerprint density at radius 1 is 1.16 bits per heavy atom. The highest BCUT2D eigenvalue weighted by Crippen LogP contribution is 2.31. The lowest BCUT2D eigenvalue weighted by Gasteiger charge is -2.17. The molecule has 1 N–H and O–H groups in total. The molecule has 0 radical (unpaired) electrons. The van der Waals surface area contributed by atoms with E-state index in [2.05, 4.69) is 20.5 Å². The number of nitrogens with one attached hydrogen (secondary N) is 1. The summed E-state index contributed by atoms with van der Waals surface area (Å²) in [6.07, 6.45) is 1.69. The molecule has 2 heterocycles. The number of aryl methyl sites for hydroxylation is 1. The molecule has 1 aliphatic heterocycles. The van der Waals surface area contributed by atoms with Crippen molar-refractivity contribution in [3.8, 4) is 5.75 Å². The number of carbonyl (C=O) groups is 2. The maximum atomic E-state index is 13.2. The van der Waals surface area contributed by atoms with Crippen LogP contribution in [0.5, 0.6) is 5.75 Å². The first-order chi connectivity index (χ1) is 15.5. The van der Waals surface area contributed by atoms with Crippen LogP contribution in [-0.4, -0.2) is 40.0 Å². The highest BCUT2D eigenvalue weighted by atomic mass is 32.2. The third kappa shape index (κ3) is 4.87. The van der Waals surface area contributed by atoms with E-state index in [0.29, 0.717) is 21.7 Å². The average Bonchev–Trinajstić information content (AvgIpc) is 3.35. The number of thioether (sulfide) groups is 1. The minimum absolute atomic E-state index is 0.0655. The molecule has 162 valence electrons. The van der Waals surface area contributed by atoms with Crippen molar-refractivity contribution in [2.75, 3.05) is 23.1 Å². The van der Waals surface area contributed by atoms with Gasteiger partial charge in [-0.25, -0.2) is 4.99 Å². The summed E-state index contributed by atoms with van der Waals surface area (Å²) in [6, 6.07) is 16.6. The number of ether oxygens (including phenoxy) is 1. The molecule has 0 saturated carbocycles. The standard InChI is InChI=1S/C22H19N5O3S2/c1-14-25-26-21(32-14)24-19(28)13-31-22-23-17(12-15-8-6-7-11-18(15)30-2)20(29)27(22)16-9-4-3-5-10-16/h3-12H,13H2,1-2H3,(H,24,26,28)/b17-12-. The number of amides is 2. The Bertz CT molecular complexity index is 1210. The fraction of sp³-hybridized carbons (Fsp3) is 0.136. The number of hydrogen-bond donors (Lipinski definition) is 1. The van der Waals surface area contributed by atoms with Crippen molar-refractivity contribution in [3.63, 3.8) is 0 Å². The van der Waals surface area contributed by atoms with Crippen LogP contribution in [-0.2, 0) is 9.59 Å². The molecule has 4 rings (SSSR count).